The minimum absolute atomic E-state index is 0.263. The number of rotatable bonds is 7. The van der Waals surface area contributed by atoms with E-state index in [1.807, 2.05) is 24.3 Å². The van der Waals surface area contributed by atoms with Crippen LogP contribution in [0.5, 0.6) is 5.75 Å². The predicted octanol–water partition coefficient (Wildman–Crippen LogP) is 1.72. The Morgan fingerprint density at radius 2 is 1.91 bits per heavy atom. The Hall–Kier alpha value is -2.38. The summed E-state index contributed by atoms with van der Waals surface area (Å²) in [7, 11) is 6.21. The molecule has 0 unspecified atom stereocenters. The largest absolute Gasteiger partial charge is 0.497 e. The maximum atomic E-state index is 12.3. The van der Waals surface area contributed by atoms with Gasteiger partial charge in [-0.1, -0.05) is 12.1 Å². The highest BCUT2D eigenvalue weighted by atomic mass is 16.7. The van der Waals surface area contributed by atoms with E-state index in [9.17, 15) is 4.79 Å². The molecule has 0 radical (unpaired) electrons. The molecule has 2 rings (SSSR count). The third kappa shape index (κ3) is 3.88. The summed E-state index contributed by atoms with van der Waals surface area (Å²) in [6, 6.07) is 7.69. The van der Waals surface area contributed by atoms with Crippen LogP contribution < -0.4 is 4.74 Å². The molecule has 0 saturated carbocycles. The Kier molecular flexibility index (Phi) is 5.72. The number of benzene rings is 1. The molecule has 1 aromatic carbocycles. The van der Waals surface area contributed by atoms with E-state index in [1.165, 1.54) is 13.3 Å². The van der Waals surface area contributed by atoms with Crippen LogP contribution in [0.2, 0.25) is 0 Å². The van der Waals surface area contributed by atoms with Crippen LogP contribution in [0.1, 0.15) is 21.6 Å². The summed E-state index contributed by atoms with van der Waals surface area (Å²) >= 11 is 0. The van der Waals surface area contributed by atoms with E-state index < -0.39 is 0 Å². The van der Waals surface area contributed by atoms with E-state index in [2.05, 4.69) is 5.10 Å². The summed E-state index contributed by atoms with van der Waals surface area (Å²) in [5.74, 6) is 0.532. The van der Waals surface area contributed by atoms with Crippen LogP contribution in [-0.4, -0.2) is 49.1 Å². The summed E-state index contributed by atoms with van der Waals surface area (Å²) in [5.41, 5.74) is 2.22. The monoisotopic (exact) mass is 319 g/mol. The number of hydrogen-bond acceptors (Lipinski definition) is 5. The van der Waals surface area contributed by atoms with Crippen LogP contribution in [0.25, 0.3) is 0 Å². The number of nitrogens with zero attached hydrogens (tertiary/aromatic N) is 3. The van der Waals surface area contributed by atoms with E-state index in [1.54, 1.807) is 25.9 Å². The van der Waals surface area contributed by atoms with Crippen molar-refractivity contribution in [2.45, 2.75) is 13.2 Å². The summed E-state index contributed by atoms with van der Waals surface area (Å²) < 4.78 is 12.1. The van der Waals surface area contributed by atoms with Crippen molar-refractivity contribution in [1.29, 1.82) is 0 Å². The molecule has 0 aliphatic carbocycles. The van der Waals surface area contributed by atoms with Gasteiger partial charge in [-0.2, -0.15) is 5.10 Å². The second kappa shape index (κ2) is 7.75. The van der Waals surface area contributed by atoms with Gasteiger partial charge in [0, 0.05) is 14.2 Å². The lowest BCUT2D eigenvalue weighted by Crippen LogP contribution is -2.26. The van der Waals surface area contributed by atoms with Gasteiger partial charge in [0.1, 0.15) is 5.75 Å². The Morgan fingerprint density at radius 3 is 2.48 bits per heavy atom. The molecular formula is C16H21N3O4. The highest BCUT2D eigenvalue weighted by Crippen LogP contribution is 2.16. The van der Waals surface area contributed by atoms with Crippen LogP contribution in [-0.2, 0) is 22.7 Å². The summed E-state index contributed by atoms with van der Waals surface area (Å²) in [5, 5.41) is 5.47. The lowest BCUT2D eigenvalue weighted by atomic mass is 10.2. The van der Waals surface area contributed by atoms with E-state index in [-0.39, 0.29) is 12.5 Å². The van der Waals surface area contributed by atoms with Gasteiger partial charge in [0.15, 0.2) is 0 Å². The van der Waals surface area contributed by atoms with E-state index >= 15 is 0 Å². The number of amides is 1. The highest BCUT2D eigenvalue weighted by molar-refractivity contribution is 5.94. The number of ether oxygens (including phenoxy) is 2. The molecule has 0 N–H and O–H groups in total. The van der Waals surface area contributed by atoms with Gasteiger partial charge in [0.2, 0.25) is 0 Å². The van der Waals surface area contributed by atoms with Crippen LogP contribution in [0, 0.1) is 0 Å². The van der Waals surface area contributed by atoms with Crippen molar-refractivity contribution < 1.29 is 19.1 Å². The lowest BCUT2D eigenvalue weighted by molar-refractivity contribution is -0.0758. The maximum Gasteiger partial charge on any atom is 0.280 e. The van der Waals surface area contributed by atoms with E-state index in [0.717, 1.165) is 16.4 Å². The molecule has 0 spiro atoms. The highest BCUT2D eigenvalue weighted by Gasteiger charge is 2.20. The molecule has 0 aliphatic heterocycles. The molecule has 7 nitrogen and oxygen atoms in total. The average Bonchev–Trinajstić information content (AvgIpc) is 2.97. The first kappa shape index (κ1) is 17.0. The first-order valence-electron chi connectivity index (χ1n) is 7.09. The predicted molar refractivity (Wildman–Crippen MR) is 84.1 cm³/mol. The van der Waals surface area contributed by atoms with Gasteiger partial charge in [-0.15, -0.1) is 0 Å². The summed E-state index contributed by atoms with van der Waals surface area (Å²) in [4.78, 5) is 17.2. The first-order valence-corrected chi connectivity index (χ1v) is 7.09. The van der Waals surface area contributed by atoms with Crippen LogP contribution in [0.4, 0.5) is 0 Å². The fraction of sp³-hybridized carbons (Fsp3) is 0.375. The quantitative estimate of drug-likeness (QED) is 0.727. The fourth-order valence-corrected chi connectivity index (χ4v) is 2.17. The Bertz CT molecular complexity index is 652. The van der Waals surface area contributed by atoms with Crippen molar-refractivity contribution in [2.24, 2.45) is 0 Å². The molecule has 1 amide bonds. The molecule has 2 aromatic rings. The molecule has 23 heavy (non-hydrogen) atoms. The topological polar surface area (TPSA) is 65.8 Å². The molecule has 124 valence electrons. The number of methoxy groups -OCH3 is 2. The Balaban J connectivity index is 2.27. The third-order valence-corrected chi connectivity index (χ3v) is 3.51. The number of carbonyl (C=O) groups is 1. The second-order valence-corrected chi connectivity index (χ2v) is 4.93. The number of carbonyl (C=O) groups excluding carboxylic acids is 1. The molecule has 0 atom stereocenters. The van der Waals surface area contributed by atoms with Gasteiger partial charge in [-0.05, 0) is 17.7 Å². The standard InChI is InChI=1S/C16H21N3O4/c1-18(23-4)16(20)14-9-17-19(15(14)11-21-2)10-12-5-7-13(22-3)8-6-12/h5-9H,10-11H2,1-4H3. The van der Waals surface area contributed by atoms with Crippen LogP contribution in [0.3, 0.4) is 0 Å². The average molecular weight is 319 g/mol. The van der Waals surface area contributed by atoms with E-state index in [4.69, 9.17) is 14.3 Å². The van der Waals surface area contributed by atoms with Crippen LogP contribution >= 0.6 is 0 Å². The zero-order chi connectivity index (χ0) is 16.8. The molecule has 1 aromatic heterocycles. The van der Waals surface area contributed by atoms with Crippen molar-refractivity contribution in [3.05, 3.63) is 47.3 Å². The summed E-state index contributed by atoms with van der Waals surface area (Å²) in [6.07, 6.45) is 1.54. The fourth-order valence-electron chi connectivity index (χ4n) is 2.17. The Labute approximate surface area is 135 Å². The SMILES string of the molecule is COCc1c(C(=O)N(C)OC)cnn1Cc1ccc(OC)cc1. The van der Waals surface area contributed by atoms with Gasteiger partial charge >= 0.3 is 0 Å². The van der Waals surface area contributed by atoms with Crippen molar-refractivity contribution in [3.8, 4) is 5.75 Å². The van der Waals surface area contributed by atoms with Crippen LogP contribution in [0.15, 0.2) is 30.5 Å². The zero-order valence-electron chi connectivity index (χ0n) is 13.8. The van der Waals surface area contributed by atoms with Gasteiger partial charge in [-0.3, -0.25) is 14.3 Å². The maximum absolute atomic E-state index is 12.3. The van der Waals surface area contributed by atoms with Crippen molar-refractivity contribution in [1.82, 2.24) is 14.8 Å². The zero-order valence-corrected chi connectivity index (χ0v) is 13.8. The lowest BCUT2D eigenvalue weighted by Gasteiger charge is -2.14. The smallest absolute Gasteiger partial charge is 0.280 e. The molecule has 0 bridgehead atoms. The molecule has 7 heteroatoms. The molecule has 0 saturated heterocycles. The van der Waals surface area contributed by atoms with Gasteiger partial charge in [0.05, 0.1) is 44.8 Å². The Morgan fingerprint density at radius 1 is 1.22 bits per heavy atom. The minimum atomic E-state index is -0.263. The van der Waals surface area contributed by atoms with Gasteiger partial charge in [0.25, 0.3) is 5.91 Å². The van der Waals surface area contributed by atoms with E-state index in [0.29, 0.717) is 17.8 Å². The number of hydrogen-bond donors (Lipinski definition) is 0. The number of aromatic nitrogens is 2. The number of hydroxylamine groups is 2. The molecule has 0 aliphatic rings. The van der Waals surface area contributed by atoms with Gasteiger partial charge in [-0.25, -0.2) is 5.06 Å². The third-order valence-electron chi connectivity index (χ3n) is 3.51. The minimum Gasteiger partial charge on any atom is -0.497 e. The normalized spacial score (nSPS) is 10.6. The molecular weight excluding hydrogens is 298 g/mol. The van der Waals surface area contributed by atoms with Crippen molar-refractivity contribution in [3.63, 3.8) is 0 Å². The molecule has 0 fully saturated rings. The first-order chi connectivity index (χ1) is 11.1. The molecule has 1 heterocycles. The summed E-state index contributed by atoms with van der Waals surface area (Å²) in [6.45, 7) is 0.821. The van der Waals surface area contributed by atoms with Gasteiger partial charge < -0.3 is 9.47 Å². The van der Waals surface area contributed by atoms with Crippen molar-refractivity contribution in [2.75, 3.05) is 28.4 Å². The van der Waals surface area contributed by atoms with Crippen molar-refractivity contribution >= 4 is 5.91 Å². The second-order valence-electron chi connectivity index (χ2n) is 4.93.